The Bertz CT molecular complexity index is 565. The maximum absolute atomic E-state index is 12.5. The third-order valence-electron chi connectivity index (χ3n) is 4.48. The lowest BCUT2D eigenvalue weighted by Crippen LogP contribution is -2.49. The molecule has 2 rings (SSSR count). The van der Waals surface area contributed by atoms with Crippen LogP contribution >= 0.6 is 0 Å². The first-order valence-corrected chi connectivity index (χ1v) is 9.70. The number of rotatable bonds is 7. The summed E-state index contributed by atoms with van der Waals surface area (Å²) in [6.07, 6.45) is 1.08. The molecule has 1 aromatic rings. The molecule has 144 valence electrons. The number of guanidine groups is 1. The fraction of sp³-hybridized carbons (Fsp3) is 0.600. The number of nitrogens with zero attached hydrogens (tertiary/aromatic N) is 3. The molecule has 1 aliphatic heterocycles. The Morgan fingerprint density at radius 1 is 1.12 bits per heavy atom. The molecule has 1 amide bonds. The van der Waals surface area contributed by atoms with Crippen molar-refractivity contribution in [1.82, 2.24) is 15.5 Å². The number of hydrogen-bond acceptors (Lipinski definition) is 3. The van der Waals surface area contributed by atoms with Crippen LogP contribution in [0.3, 0.4) is 0 Å². The predicted octanol–water partition coefficient (Wildman–Crippen LogP) is 1.94. The molecule has 0 atom stereocenters. The van der Waals surface area contributed by atoms with Gasteiger partial charge in [0, 0.05) is 45.0 Å². The first-order valence-electron chi connectivity index (χ1n) is 9.70. The maximum Gasteiger partial charge on any atom is 0.244 e. The van der Waals surface area contributed by atoms with E-state index < -0.39 is 0 Å². The number of carbonyl (C=O) groups excluding carboxylic acids is 1. The number of hydrogen-bond donors (Lipinski definition) is 2. The van der Waals surface area contributed by atoms with Crippen molar-refractivity contribution in [3.63, 3.8) is 0 Å². The molecule has 1 aromatic carbocycles. The lowest BCUT2D eigenvalue weighted by atomic mass is 10.1. The Hall–Kier alpha value is -2.24. The summed E-state index contributed by atoms with van der Waals surface area (Å²) < 4.78 is 0. The summed E-state index contributed by atoms with van der Waals surface area (Å²) in [6, 6.07) is 10.4. The largest absolute Gasteiger partial charge is 0.368 e. The van der Waals surface area contributed by atoms with Crippen LogP contribution in [0.15, 0.2) is 35.3 Å². The van der Waals surface area contributed by atoms with E-state index in [-0.39, 0.29) is 12.5 Å². The molecular weight excluding hydrogens is 326 g/mol. The molecule has 0 aliphatic carbocycles. The molecule has 0 radical (unpaired) electrons. The van der Waals surface area contributed by atoms with Gasteiger partial charge in [0.05, 0.1) is 0 Å². The summed E-state index contributed by atoms with van der Waals surface area (Å²) in [5.74, 6) is 1.47. The van der Waals surface area contributed by atoms with E-state index in [1.807, 2.05) is 17.9 Å². The summed E-state index contributed by atoms with van der Waals surface area (Å²) >= 11 is 0. The molecule has 0 aromatic heterocycles. The molecule has 1 fully saturated rings. The van der Waals surface area contributed by atoms with Crippen molar-refractivity contribution in [2.75, 3.05) is 50.7 Å². The van der Waals surface area contributed by atoms with Crippen molar-refractivity contribution in [3.05, 3.63) is 30.3 Å². The van der Waals surface area contributed by atoms with Crippen LogP contribution in [0.4, 0.5) is 5.69 Å². The number of para-hydroxylation sites is 1. The van der Waals surface area contributed by atoms with E-state index in [0.717, 1.165) is 51.6 Å². The van der Waals surface area contributed by atoms with Crippen LogP contribution in [0.1, 0.15) is 27.2 Å². The fourth-order valence-electron chi connectivity index (χ4n) is 2.92. The minimum atomic E-state index is 0.0961. The number of anilines is 1. The highest BCUT2D eigenvalue weighted by atomic mass is 16.2. The molecule has 6 nitrogen and oxygen atoms in total. The van der Waals surface area contributed by atoms with Gasteiger partial charge in [-0.15, -0.1) is 0 Å². The Morgan fingerprint density at radius 3 is 2.42 bits per heavy atom. The van der Waals surface area contributed by atoms with E-state index in [0.29, 0.717) is 5.92 Å². The summed E-state index contributed by atoms with van der Waals surface area (Å²) in [6.45, 7) is 11.5. The predicted molar refractivity (Wildman–Crippen MR) is 109 cm³/mol. The minimum absolute atomic E-state index is 0.0961. The monoisotopic (exact) mass is 359 g/mol. The van der Waals surface area contributed by atoms with Gasteiger partial charge in [-0.2, -0.15) is 0 Å². The Kier molecular flexibility index (Phi) is 8.25. The van der Waals surface area contributed by atoms with Crippen LogP contribution in [0, 0.1) is 5.92 Å². The second-order valence-electron chi connectivity index (χ2n) is 7.01. The Labute approximate surface area is 157 Å². The van der Waals surface area contributed by atoms with Crippen LogP contribution in [-0.2, 0) is 4.79 Å². The normalized spacial score (nSPS) is 15.3. The average Bonchev–Trinajstić information content (AvgIpc) is 2.66. The standard InChI is InChI=1S/C20H33N5O/c1-4-21-20(22-11-10-17(2)3)23-16-19(26)25-14-12-24(13-15-25)18-8-6-5-7-9-18/h5-9,17H,4,10-16H2,1-3H3,(H2,21,22,23). The topological polar surface area (TPSA) is 60.0 Å². The number of aliphatic imine (C=N–C) groups is 1. The van der Waals surface area contributed by atoms with Crippen molar-refractivity contribution in [3.8, 4) is 0 Å². The molecule has 1 aliphatic rings. The lowest BCUT2D eigenvalue weighted by Gasteiger charge is -2.36. The van der Waals surface area contributed by atoms with Crippen LogP contribution < -0.4 is 15.5 Å². The second-order valence-corrected chi connectivity index (χ2v) is 7.01. The van der Waals surface area contributed by atoms with Crippen molar-refractivity contribution in [2.45, 2.75) is 27.2 Å². The average molecular weight is 360 g/mol. The van der Waals surface area contributed by atoms with Crippen LogP contribution in [0.2, 0.25) is 0 Å². The minimum Gasteiger partial charge on any atom is -0.368 e. The van der Waals surface area contributed by atoms with E-state index in [4.69, 9.17) is 0 Å². The van der Waals surface area contributed by atoms with Crippen LogP contribution in [-0.4, -0.2) is 62.6 Å². The highest BCUT2D eigenvalue weighted by molar-refractivity contribution is 5.85. The maximum atomic E-state index is 12.5. The highest BCUT2D eigenvalue weighted by Gasteiger charge is 2.20. The smallest absolute Gasteiger partial charge is 0.244 e. The molecule has 1 heterocycles. The van der Waals surface area contributed by atoms with E-state index in [9.17, 15) is 4.79 Å². The Balaban J connectivity index is 1.79. The van der Waals surface area contributed by atoms with E-state index in [1.54, 1.807) is 0 Å². The van der Waals surface area contributed by atoms with Gasteiger partial charge >= 0.3 is 0 Å². The first-order chi connectivity index (χ1) is 12.6. The van der Waals surface area contributed by atoms with Gasteiger partial charge in [0.2, 0.25) is 5.91 Å². The molecule has 0 saturated carbocycles. The Morgan fingerprint density at radius 2 is 1.81 bits per heavy atom. The lowest BCUT2D eigenvalue weighted by molar-refractivity contribution is -0.129. The zero-order valence-corrected chi connectivity index (χ0v) is 16.4. The summed E-state index contributed by atoms with van der Waals surface area (Å²) in [5.41, 5.74) is 1.22. The van der Waals surface area contributed by atoms with Crippen molar-refractivity contribution in [2.24, 2.45) is 10.9 Å². The second kappa shape index (κ2) is 10.7. The zero-order valence-electron chi connectivity index (χ0n) is 16.4. The number of amides is 1. The van der Waals surface area contributed by atoms with E-state index in [2.05, 4.69) is 58.6 Å². The van der Waals surface area contributed by atoms with Crippen molar-refractivity contribution in [1.29, 1.82) is 0 Å². The van der Waals surface area contributed by atoms with Crippen molar-refractivity contribution < 1.29 is 4.79 Å². The van der Waals surface area contributed by atoms with Gasteiger partial charge in [0.15, 0.2) is 5.96 Å². The zero-order chi connectivity index (χ0) is 18.8. The fourth-order valence-corrected chi connectivity index (χ4v) is 2.92. The molecule has 0 spiro atoms. The molecule has 0 bridgehead atoms. The van der Waals surface area contributed by atoms with Gasteiger partial charge in [-0.05, 0) is 31.4 Å². The molecule has 2 N–H and O–H groups in total. The summed E-state index contributed by atoms with van der Waals surface area (Å²) in [4.78, 5) is 21.2. The number of carbonyl (C=O) groups is 1. The highest BCUT2D eigenvalue weighted by Crippen LogP contribution is 2.15. The van der Waals surface area contributed by atoms with E-state index in [1.165, 1.54) is 5.69 Å². The SMILES string of the molecule is CCNC(=NCC(=O)N1CCN(c2ccccc2)CC1)NCCC(C)C. The molecular formula is C20H33N5O. The molecule has 26 heavy (non-hydrogen) atoms. The first kappa shape index (κ1) is 20.1. The molecule has 1 saturated heterocycles. The summed E-state index contributed by atoms with van der Waals surface area (Å²) in [5, 5.41) is 6.50. The summed E-state index contributed by atoms with van der Waals surface area (Å²) in [7, 11) is 0. The van der Waals surface area contributed by atoms with Gasteiger partial charge < -0.3 is 20.4 Å². The van der Waals surface area contributed by atoms with Gasteiger partial charge in [0.1, 0.15) is 6.54 Å². The van der Waals surface area contributed by atoms with Gasteiger partial charge in [-0.3, -0.25) is 4.79 Å². The number of benzene rings is 1. The quantitative estimate of drug-likeness (QED) is 0.577. The van der Waals surface area contributed by atoms with E-state index >= 15 is 0 Å². The number of piperazine rings is 1. The molecule has 6 heteroatoms. The third-order valence-corrected chi connectivity index (χ3v) is 4.48. The van der Waals surface area contributed by atoms with Gasteiger partial charge in [-0.25, -0.2) is 4.99 Å². The third kappa shape index (κ3) is 6.58. The number of nitrogens with one attached hydrogen (secondary N) is 2. The van der Waals surface area contributed by atoms with Gasteiger partial charge in [-0.1, -0.05) is 32.0 Å². The van der Waals surface area contributed by atoms with Crippen molar-refractivity contribution >= 4 is 17.6 Å². The van der Waals surface area contributed by atoms with Crippen LogP contribution in [0.25, 0.3) is 0 Å². The van der Waals surface area contributed by atoms with Gasteiger partial charge in [0.25, 0.3) is 0 Å². The molecule has 0 unspecified atom stereocenters. The van der Waals surface area contributed by atoms with Crippen LogP contribution in [0.5, 0.6) is 0 Å².